The number of aryl methyl sites for hydroxylation is 1. The fraction of sp³-hybridized carbons (Fsp3) is 0.667. The van der Waals surface area contributed by atoms with Crippen molar-refractivity contribution in [3.63, 3.8) is 0 Å². The van der Waals surface area contributed by atoms with Gasteiger partial charge in [-0.1, -0.05) is 6.92 Å². The number of thiophene rings is 1. The van der Waals surface area contributed by atoms with E-state index in [1.807, 2.05) is 11.3 Å². The van der Waals surface area contributed by atoms with E-state index in [4.69, 9.17) is 4.74 Å². The van der Waals surface area contributed by atoms with Gasteiger partial charge in [0.05, 0.1) is 11.7 Å². The van der Waals surface area contributed by atoms with Gasteiger partial charge in [-0.25, -0.2) is 0 Å². The van der Waals surface area contributed by atoms with Crippen molar-refractivity contribution in [2.75, 3.05) is 7.11 Å². The van der Waals surface area contributed by atoms with Gasteiger partial charge in [0.1, 0.15) is 0 Å². The lowest BCUT2D eigenvalue weighted by Crippen LogP contribution is -2.49. The molecule has 0 atom stereocenters. The van der Waals surface area contributed by atoms with Crippen molar-refractivity contribution < 1.29 is 9.84 Å². The van der Waals surface area contributed by atoms with Crippen LogP contribution >= 0.6 is 11.3 Å². The molecule has 1 N–H and O–H groups in total. The lowest BCUT2D eigenvalue weighted by atomic mass is 9.75. The van der Waals surface area contributed by atoms with Gasteiger partial charge >= 0.3 is 0 Å². The van der Waals surface area contributed by atoms with Gasteiger partial charge < -0.3 is 9.84 Å². The highest BCUT2D eigenvalue weighted by molar-refractivity contribution is 7.12. The topological polar surface area (TPSA) is 29.5 Å². The molecule has 0 bridgehead atoms. The Hall–Kier alpha value is -0.380. The molecule has 1 aliphatic rings. The maximum atomic E-state index is 10.2. The first-order chi connectivity index (χ1) is 7.15. The van der Waals surface area contributed by atoms with Crippen LogP contribution in [0.5, 0.6) is 0 Å². The van der Waals surface area contributed by atoms with Crippen LogP contribution < -0.4 is 0 Å². The van der Waals surface area contributed by atoms with E-state index >= 15 is 0 Å². The van der Waals surface area contributed by atoms with E-state index in [1.54, 1.807) is 7.11 Å². The smallest absolute Gasteiger partial charge is 0.0745 e. The second-order valence-electron chi connectivity index (χ2n) is 4.39. The quantitative estimate of drug-likeness (QED) is 0.854. The molecule has 2 nitrogen and oxygen atoms in total. The molecule has 3 heteroatoms. The zero-order chi connectivity index (χ0) is 10.9. The molecule has 0 radical (unpaired) electrons. The molecule has 0 aromatic carbocycles. The summed E-state index contributed by atoms with van der Waals surface area (Å²) in [6, 6.07) is 4.30. The van der Waals surface area contributed by atoms with Crippen LogP contribution in [-0.2, 0) is 17.6 Å². The number of rotatable bonds is 4. The van der Waals surface area contributed by atoms with Crippen LogP contribution in [0.2, 0.25) is 0 Å². The van der Waals surface area contributed by atoms with E-state index in [2.05, 4.69) is 19.1 Å². The average molecular weight is 226 g/mol. The first-order valence-corrected chi connectivity index (χ1v) is 6.29. The second kappa shape index (κ2) is 4.24. The Morgan fingerprint density at radius 2 is 2.13 bits per heavy atom. The minimum atomic E-state index is -0.503. The van der Waals surface area contributed by atoms with Crippen molar-refractivity contribution in [1.82, 2.24) is 0 Å². The summed E-state index contributed by atoms with van der Waals surface area (Å²) >= 11 is 1.82. The Bertz CT molecular complexity index is 326. The van der Waals surface area contributed by atoms with Gasteiger partial charge in [0.2, 0.25) is 0 Å². The summed E-state index contributed by atoms with van der Waals surface area (Å²) in [7, 11) is 1.71. The molecule has 1 saturated carbocycles. The molecule has 0 unspecified atom stereocenters. The van der Waals surface area contributed by atoms with Crippen LogP contribution in [0.3, 0.4) is 0 Å². The fourth-order valence-electron chi connectivity index (χ4n) is 2.13. The second-order valence-corrected chi connectivity index (χ2v) is 5.64. The maximum absolute atomic E-state index is 10.2. The molecule has 0 amide bonds. The molecule has 0 saturated heterocycles. The molecular weight excluding hydrogens is 208 g/mol. The van der Waals surface area contributed by atoms with Gasteiger partial charge in [-0.2, -0.15) is 0 Å². The Morgan fingerprint density at radius 3 is 2.67 bits per heavy atom. The summed E-state index contributed by atoms with van der Waals surface area (Å²) in [6.07, 6.45) is 3.70. The highest BCUT2D eigenvalue weighted by Crippen LogP contribution is 2.38. The minimum Gasteiger partial charge on any atom is -0.389 e. The standard InChI is InChI=1S/C12H18O2S/c1-3-10-4-5-11(15-10)8-12(13)6-9(7-12)14-2/h4-5,9,13H,3,6-8H2,1-2H3. The molecule has 0 spiro atoms. The normalized spacial score (nSPS) is 30.2. The maximum Gasteiger partial charge on any atom is 0.0745 e. The average Bonchev–Trinajstić information content (AvgIpc) is 2.61. The summed E-state index contributed by atoms with van der Waals surface area (Å²) in [5.41, 5.74) is -0.503. The van der Waals surface area contributed by atoms with E-state index < -0.39 is 5.60 Å². The first kappa shape index (κ1) is 11.1. The Labute approximate surface area is 94.9 Å². The van der Waals surface area contributed by atoms with E-state index in [0.717, 1.165) is 25.7 Å². The Balaban J connectivity index is 1.92. The Kier molecular flexibility index (Phi) is 3.14. The van der Waals surface area contributed by atoms with Crippen LogP contribution in [0, 0.1) is 0 Å². The van der Waals surface area contributed by atoms with Crippen molar-refractivity contribution in [1.29, 1.82) is 0 Å². The van der Waals surface area contributed by atoms with Crippen molar-refractivity contribution in [3.8, 4) is 0 Å². The monoisotopic (exact) mass is 226 g/mol. The summed E-state index contributed by atoms with van der Waals surface area (Å²) in [6.45, 7) is 2.16. The van der Waals surface area contributed by atoms with Gasteiger partial charge in [-0.05, 0) is 18.6 Å². The predicted molar refractivity (Wildman–Crippen MR) is 62.4 cm³/mol. The Morgan fingerprint density at radius 1 is 1.47 bits per heavy atom. The summed E-state index contributed by atoms with van der Waals surface area (Å²) in [5.74, 6) is 0. The van der Waals surface area contributed by atoms with Crippen LogP contribution in [-0.4, -0.2) is 23.9 Å². The van der Waals surface area contributed by atoms with Gasteiger partial charge in [0.15, 0.2) is 0 Å². The molecule has 1 aromatic rings. The van der Waals surface area contributed by atoms with Crippen molar-refractivity contribution >= 4 is 11.3 Å². The number of ether oxygens (including phenoxy) is 1. The predicted octanol–water partition coefficient (Wildman–Crippen LogP) is 2.39. The highest BCUT2D eigenvalue weighted by atomic mass is 32.1. The number of methoxy groups -OCH3 is 1. The van der Waals surface area contributed by atoms with E-state index in [-0.39, 0.29) is 6.10 Å². The van der Waals surface area contributed by atoms with Crippen LogP contribution in [0.15, 0.2) is 12.1 Å². The molecule has 1 aliphatic carbocycles. The van der Waals surface area contributed by atoms with Crippen LogP contribution in [0.25, 0.3) is 0 Å². The third-order valence-electron chi connectivity index (χ3n) is 3.12. The molecule has 0 aliphatic heterocycles. The SMILES string of the molecule is CCc1ccc(CC2(O)CC(OC)C2)s1. The van der Waals surface area contributed by atoms with Crippen molar-refractivity contribution in [2.45, 2.75) is 44.3 Å². The molecule has 15 heavy (non-hydrogen) atoms. The molecular formula is C12H18O2S. The van der Waals surface area contributed by atoms with Crippen LogP contribution in [0.4, 0.5) is 0 Å². The lowest BCUT2D eigenvalue weighted by Gasteiger charge is -2.42. The third-order valence-corrected chi connectivity index (χ3v) is 4.35. The largest absolute Gasteiger partial charge is 0.389 e. The molecule has 1 fully saturated rings. The van der Waals surface area contributed by atoms with Crippen molar-refractivity contribution in [2.24, 2.45) is 0 Å². The fourth-order valence-corrected chi connectivity index (χ4v) is 3.22. The minimum absolute atomic E-state index is 0.264. The van der Waals surface area contributed by atoms with Gasteiger partial charge in [0.25, 0.3) is 0 Å². The van der Waals surface area contributed by atoms with E-state index in [9.17, 15) is 5.11 Å². The number of hydrogen-bond acceptors (Lipinski definition) is 3. The summed E-state index contributed by atoms with van der Waals surface area (Å²) < 4.78 is 5.19. The number of aliphatic hydroxyl groups is 1. The summed E-state index contributed by atoms with van der Waals surface area (Å²) in [5, 5.41) is 10.2. The zero-order valence-electron chi connectivity index (χ0n) is 9.32. The highest BCUT2D eigenvalue weighted by Gasteiger charge is 2.42. The number of hydrogen-bond donors (Lipinski definition) is 1. The molecule has 1 heterocycles. The molecule has 2 rings (SSSR count). The van der Waals surface area contributed by atoms with Gasteiger partial charge in [-0.15, -0.1) is 11.3 Å². The molecule has 84 valence electrons. The molecule has 1 aromatic heterocycles. The third kappa shape index (κ3) is 2.41. The zero-order valence-corrected chi connectivity index (χ0v) is 10.1. The van der Waals surface area contributed by atoms with Gasteiger partial charge in [0, 0.05) is 36.1 Å². The van der Waals surface area contributed by atoms with Crippen LogP contribution in [0.1, 0.15) is 29.5 Å². The summed E-state index contributed by atoms with van der Waals surface area (Å²) in [4.78, 5) is 2.69. The first-order valence-electron chi connectivity index (χ1n) is 5.48. The lowest BCUT2D eigenvalue weighted by molar-refractivity contribution is -0.126. The van der Waals surface area contributed by atoms with E-state index in [1.165, 1.54) is 9.75 Å². The van der Waals surface area contributed by atoms with Crippen molar-refractivity contribution in [3.05, 3.63) is 21.9 Å². The van der Waals surface area contributed by atoms with E-state index in [0.29, 0.717) is 0 Å². The van der Waals surface area contributed by atoms with Gasteiger partial charge in [-0.3, -0.25) is 0 Å².